The van der Waals surface area contributed by atoms with Gasteiger partial charge in [-0.05, 0) is 30.2 Å². The van der Waals surface area contributed by atoms with Crippen LogP contribution in [0.2, 0.25) is 0 Å². The molecule has 0 spiro atoms. The van der Waals surface area contributed by atoms with Crippen molar-refractivity contribution in [1.82, 2.24) is 5.32 Å². The van der Waals surface area contributed by atoms with Crippen molar-refractivity contribution in [3.63, 3.8) is 0 Å². The summed E-state index contributed by atoms with van der Waals surface area (Å²) in [5.74, 6) is 1.20. The molecule has 0 aliphatic carbocycles. The predicted octanol–water partition coefficient (Wildman–Crippen LogP) is 3.52. The van der Waals surface area contributed by atoms with Gasteiger partial charge in [0.1, 0.15) is 0 Å². The first kappa shape index (κ1) is 13.5. The number of halogens is 1. The monoisotopic (exact) mass is 259 g/mol. The van der Waals surface area contributed by atoms with E-state index in [2.05, 4.69) is 12.2 Å². The summed E-state index contributed by atoms with van der Waals surface area (Å²) in [5.41, 5.74) is 0.756. The Balaban J connectivity index is 2.34. The Morgan fingerprint density at radius 1 is 1.56 bits per heavy atom. The van der Waals surface area contributed by atoms with Gasteiger partial charge >= 0.3 is 0 Å². The average molecular weight is 260 g/mol. The summed E-state index contributed by atoms with van der Waals surface area (Å²) in [6.07, 6.45) is 3.23. The van der Waals surface area contributed by atoms with Crippen molar-refractivity contribution < 1.29 is 4.79 Å². The number of carbonyl (C=O) groups excluding carboxylic acids is 1. The van der Waals surface area contributed by atoms with Gasteiger partial charge in [-0.3, -0.25) is 4.79 Å². The fourth-order valence-electron chi connectivity index (χ4n) is 1.64. The molecule has 4 heteroatoms. The maximum atomic E-state index is 11.7. The first-order chi connectivity index (χ1) is 7.77. The van der Waals surface area contributed by atoms with Crippen LogP contribution in [0.15, 0.2) is 16.8 Å². The van der Waals surface area contributed by atoms with Gasteiger partial charge in [0, 0.05) is 23.4 Å². The molecule has 0 aliphatic heterocycles. The van der Waals surface area contributed by atoms with E-state index in [9.17, 15) is 4.79 Å². The summed E-state index contributed by atoms with van der Waals surface area (Å²) >= 11 is 7.28. The van der Waals surface area contributed by atoms with Crippen LogP contribution in [-0.4, -0.2) is 18.3 Å². The first-order valence-electron chi connectivity index (χ1n) is 5.64. The van der Waals surface area contributed by atoms with Crippen LogP contribution in [0, 0.1) is 5.92 Å². The van der Waals surface area contributed by atoms with Gasteiger partial charge in [-0.25, -0.2) is 0 Å². The molecular formula is C12H18ClNOS. The second-order valence-electron chi connectivity index (χ2n) is 3.85. The summed E-state index contributed by atoms with van der Waals surface area (Å²) in [7, 11) is 0. The van der Waals surface area contributed by atoms with Crippen molar-refractivity contribution in [3.8, 4) is 0 Å². The topological polar surface area (TPSA) is 29.1 Å². The van der Waals surface area contributed by atoms with E-state index >= 15 is 0 Å². The van der Waals surface area contributed by atoms with Gasteiger partial charge in [-0.1, -0.05) is 13.3 Å². The summed E-state index contributed by atoms with van der Waals surface area (Å²) in [4.78, 5) is 11.7. The minimum atomic E-state index is 0.0249. The van der Waals surface area contributed by atoms with E-state index in [1.165, 1.54) is 0 Å². The van der Waals surface area contributed by atoms with Crippen molar-refractivity contribution in [3.05, 3.63) is 22.4 Å². The quantitative estimate of drug-likeness (QED) is 0.746. The minimum absolute atomic E-state index is 0.0249. The van der Waals surface area contributed by atoms with Crippen LogP contribution >= 0.6 is 22.9 Å². The van der Waals surface area contributed by atoms with Crippen LogP contribution in [0.1, 0.15) is 36.5 Å². The highest BCUT2D eigenvalue weighted by Gasteiger charge is 2.10. The maximum Gasteiger partial charge on any atom is 0.252 e. The molecule has 0 saturated carbocycles. The highest BCUT2D eigenvalue weighted by molar-refractivity contribution is 7.08. The fraction of sp³-hybridized carbons (Fsp3) is 0.583. The van der Waals surface area contributed by atoms with Crippen molar-refractivity contribution in [2.75, 3.05) is 12.4 Å². The number of rotatable bonds is 7. The fourth-order valence-corrected chi connectivity index (χ4v) is 2.59. The molecule has 1 amide bonds. The van der Waals surface area contributed by atoms with Crippen molar-refractivity contribution in [2.24, 2.45) is 5.92 Å². The summed E-state index contributed by atoms with van der Waals surface area (Å²) in [6.45, 7) is 2.89. The Morgan fingerprint density at radius 3 is 2.94 bits per heavy atom. The van der Waals surface area contributed by atoms with Crippen LogP contribution in [0.4, 0.5) is 0 Å². The van der Waals surface area contributed by atoms with Gasteiger partial charge in [-0.2, -0.15) is 11.3 Å². The first-order valence-corrected chi connectivity index (χ1v) is 7.12. The number of alkyl halides is 1. The van der Waals surface area contributed by atoms with Crippen LogP contribution in [0.5, 0.6) is 0 Å². The van der Waals surface area contributed by atoms with Crippen molar-refractivity contribution >= 4 is 28.8 Å². The second kappa shape index (κ2) is 7.69. The SMILES string of the molecule is CCCC(CCCl)CNC(=O)c1ccsc1. The lowest BCUT2D eigenvalue weighted by Crippen LogP contribution is -2.29. The smallest absolute Gasteiger partial charge is 0.252 e. The molecule has 0 fully saturated rings. The largest absolute Gasteiger partial charge is 0.352 e. The number of hydrogen-bond donors (Lipinski definition) is 1. The molecule has 1 aromatic rings. The number of amides is 1. The Morgan fingerprint density at radius 2 is 2.38 bits per heavy atom. The van der Waals surface area contributed by atoms with Gasteiger partial charge in [-0.15, -0.1) is 11.6 Å². The third-order valence-electron chi connectivity index (χ3n) is 2.55. The number of nitrogens with one attached hydrogen (secondary N) is 1. The molecule has 1 N–H and O–H groups in total. The molecule has 1 rings (SSSR count). The second-order valence-corrected chi connectivity index (χ2v) is 5.01. The van der Waals surface area contributed by atoms with Crippen LogP contribution < -0.4 is 5.32 Å². The predicted molar refractivity (Wildman–Crippen MR) is 70.4 cm³/mol. The molecule has 1 aromatic heterocycles. The van der Waals surface area contributed by atoms with Gasteiger partial charge in [0.2, 0.25) is 0 Å². The molecule has 0 saturated heterocycles. The normalized spacial score (nSPS) is 12.4. The van der Waals surface area contributed by atoms with E-state index in [1.54, 1.807) is 11.3 Å². The standard InChI is InChI=1S/C12H18ClNOS/c1-2-3-10(4-6-13)8-14-12(15)11-5-7-16-9-11/h5,7,9-10H,2-4,6,8H2,1H3,(H,14,15). The Labute approximate surface area is 106 Å². The van der Waals surface area contributed by atoms with Gasteiger partial charge < -0.3 is 5.32 Å². The highest BCUT2D eigenvalue weighted by atomic mass is 35.5. The molecule has 1 atom stereocenters. The zero-order valence-corrected chi connectivity index (χ0v) is 11.1. The van der Waals surface area contributed by atoms with Crippen LogP contribution in [0.25, 0.3) is 0 Å². The van der Waals surface area contributed by atoms with E-state index < -0.39 is 0 Å². The van der Waals surface area contributed by atoms with E-state index in [1.807, 2.05) is 16.8 Å². The lowest BCUT2D eigenvalue weighted by Gasteiger charge is -2.15. The van der Waals surface area contributed by atoms with Crippen LogP contribution in [0.3, 0.4) is 0 Å². The summed E-state index contributed by atoms with van der Waals surface area (Å²) < 4.78 is 0. The third-order valence-corrected chi connectivity index (χ3v) is 3.45. The third kappa shape index (κ3) is 4.54. The average Bonchev–Trinajstić information content (AvgIpc) is 2.79. The number of hydrogen-bond acceptors (Lipinski definition) is 2. The maximum absolute atomic E-state index is 11.7. The molecule has 0 aromatic carbocycles. The molecule has 1 unspecified atom stereocenters. The zero-order chi connectivity index (χ0) is 11.8. The van der Waals surface area contributed by atoms with E-state index in [4.69, 9.17) is 11.6 Å². The van der Waals surface area contributed by atoms with Gasteiger partial charge in [0.05, 0.1) is 0 Å². The molecule has 2 nitrogen and oxygen atoms in total. The van der Waals surface area contributed by atoms with Crippen molar-refractivity contribution in [2.45, 2.75) is 26.2 Å². The lowest BCUT2D eigenvalue weighted by atomic mass is 10.0. The number of carbonyl (C=O) groups is 1. The van der Waals surface area contributed by atoms with Crippen LogP contribution in [-0.2, 0) is 0 Å². The molecule has 90 valence electrons. The van der Waals surface area contributed by atoms with Gasteiger partial charge in [0.25, 0.3) is 5.91 Å². The Hall–Kier alpha value is -0.540. The minimum Gasteiger partial charge on any atom is -0.352 e. The molecule has 1 heterocycles. The molecule has 16 heavy (non-hydrogen) atoms. The van der Waals surface area contributed by atoms with E-state index in [0.29, 0.717) is 11.8 Å². The molecule has 0 aliphatic rings. The van der Waals surface area contributed by atoms with E-state index in [0.717, 1.165) is 31.4 Å². The van der Waals surface area contributed by atoms with Crippen molar-refractivity contribution in [1.29, 1.82) is 0 Å². The highest BCUT2D eigenvalue weighted by Crippen LogP contribution is 2.12. The number of thiophene rings is 1. The Kier molecular flexibility index (Phi) is 6.50. The summed E-state index contributed by atoms with van der Waals surface area (Å²) in [6, 6.07) is 1.84. The van der Waals surface area contributed by atoms with Gasteiger partial charge in [0.15, 0.2) is 0 Å². The zero-order valence-electron chi connectivity index (χ0n) is 9.54. The molecule has 0 bridgehead atoms. The Bertz CT molecular complexity index is 294. The lowest BCUT2D eigenvalue weighted by molar-refractivity contribution is 0.0946. The molecular weight excluding hydrogens is 242 g/mol. The molecule has 0 radical (unpaired) electrons. The summed E-state index contributed by atoms with van der Waals surface area (Å²) in [5, 5.41) is 6.74. The van der Waals surface area contributed by atoms with E-state index in [-0.39, 0.29) is 5.91 Å².